The average Bonchev–Trinajstić information content (AvgIpc) is 1.87. The van der Waals surface area contributed by atoms with Gasteiger partial charge in [0.2, 0.25) is 5.91 Å². The summed E-state index contributed by atoms with van der Waals surface area (Å²) in [5, 5.41) is 10.5. The van der Waals surface area contributed by atoms with Crippen LogP contribution in [0.4, 0.5) is 0 Å². The van der Waals surface area contributed by atoms with Crippen molar-refractivity contribution in [3.8, 4) is 0 Å². The number of hydrogen-bond acceptors (Lipinski definition) is 3. The van der Waals surface area contributed by atoms with Crippen molar-refractivity contribution in [2.24, 2.45) is 11.7 Å². The number of aliphatic hydroxyl groups is 1. The van der Waals surface area contributed by atoms with E-state index >= 15 is 0 Å². The van der Waals surface area contributed by atoms with Gasteiger partial charge in [0.25, 0.3) is 0 Å². The van der Waals surface area contributed by atoms with Crippen LogP contribution in [0.2, 0.25) is 0 Å². The Balaban J connectivity index is 3.71. The van der Waals surface area contributed by atoms with Crippen molar-refractivity contribution in [2.75, 3.05) is 6.73 Å². The van der Waals surface area contributed by atoms with Gasteiger partial charge in [0, 0.05) is 0 Å². The van der Waals surface area contributed by atoms with E-state index < -0.39 is 6.04 Å². The molecular formula is C6H14N2O2. The zero-order valence-corrected chi connectivity index (χ0v) is 6.29. The van der Waals surface area contributed by atoms with Gasteiger partial charge in [-0.15, -0.1) is 0 Å². The van der Waals surface area contributed by atoms with Gasteiger partial charge in [0.1, 0.15) is 6.73 Å². The van der Waals surface area contributed by atoms with E-state index in [-0.39, 0.29) is 18.6 Å². The van der Waals surface area contributed by atoms with Gasteiger partial charge in [-0.25, -0.2) is 0 Å². The quantitative estimate of drug-likeness (QED) is 0.449. The minimum Gasteiger partial charge on any atom is -0.376 e. The molecule has 0 aliphatic carbocycles. The summed E-state index contributed by atoms with van der Waals surface area (Å²) in [5.41, 5.74) is 5.42. The van der Waals surface area contributed by atoms with Gasteiger partial charge in [-0.2, -0.15) is 0 Å². The Hall–Kier alpha value is -0.610. The zero-order chi connectivity index (χ0) is 8.15. The molecular weight excluding hydrogens is 132 g/mol. The third kappa shape index (κ3) is 2.80. The topological polar surface area (TPSA) is 75.4 Å². The van der Waals surface area contributed by atoms with Crippen molar-refractivity contribution >= 4 is 5.91 Å². The van der Waals surface area contributed by atoms with Gasteiger partial charge in [-0.1, -0.05) is 13.8 Å². The summed E-state index contributed by atoms with van der Waals surface area (Å²) < 4.78 is 0. The lowest BCUT2D eigenvalue weighted by atomic mass is 10.1. The number of rotatable bonds is 3. The Morgan fingerprint density at radius 3 is 2.50 bits per heavy atom. The normalized spacial score (nSPS) is 13.3. The maximum absolute atomic E-state index is 10.8. The molecule has 4 N–H and O–H groups in total. The molecule has 0 saturated heterocycles. The lowest BCUT2D eigenvalue weighted by Crippen LogP contribution is -2.44. The highest BCUT2D eigenvalue weighted by molar-refractivity contribution is 5.81. The molecule has 0 aromatic rings. The summed E-state index contributed by atoms with van der Waals surface area (Å²) in [6.45, 7) is 3.35. The molecule has 0 heterocycles. The lowest BCUT2D eigenvalue weighted by Gasteiger charge is -2.13. The van der Waals surface area contributed by atoms with Crippen LogP contribution >= 0.6 is 0 Å². The Kier molecular flexibility index (Phi) is 3.99. The molecule has 0 radical (unpaired) electrons. The number of nitrogens with one attached hydrogen (secondary N) is 1. The fourth-order valence-corrected chi connectivity index (χ4v) is 0.499. The molecule has 1 atom stereocenters. The molecule has 0 aromatic carbocycles. The first-order chi connectivity index (χ1) is 4.59. The van der Waals surface area contributed by atoms with Gasteiger partial charge in [0.05, 0.1) is 6.04 Å². The second kappa shape index (κ2) is 4.24. The Bertz CT molecular complexity index is 114. The Labute approximate surface area is 60.4 Å². The van der Waals surface area contributed by atoms with E-state index in [0.717, 1.165) is 0 Å². The van der Waals surface area contributed by atoms with Crippen LogP contribution in [0.3, 0.4) is 0 Å². The van der Waals surface area contributed by atoms with Crippen LogP contribution in [0.25, 0.3) is 0 Å². The molecule has 4 heteroatoms. The Morgan fingerprint density at radius 2 is 2.20 bits per heavy atom. The number of carbonyl (C=O) groups is 1. The minimum atomic E-state index is -0.521. The van der Waals surface area contributed by atoms with E-state index in [1.54, 1.807) is 0 Å². The van der Waals surface area contributed by atoms with E-state index in [2.05, 4.69) is 5.32 Å². The van der Waals surface area contributed by atoms with Crippen LogP contribution in [0.1, 0.15) is 13.8 Å². The van der Waals surface area contributed by atoms with Gasteiger partial charge in [-0.3, -0.25) is 4.79 Å². The highest BCUT2D eigenvalue weighted by Crippen LogP contribution is 1.96. The van der Waals surface area contributed by atoms with Crippen LogP contribution in [-0.2, 0) is 4.79 Å². The maximum Gasteiger partial charge on any atom is 0.238 e. The number of hydrogen-bond donors (Lipinski definition) is 3. The average molecular weight is 146 g/mol. The second-order valence-corrected chi connectivity index (χ2v) is 2.47. The molecule has 0 fully saturated rings. The van der Waals surface area contributed by atoms with Crippen molar-refractivity contribution < 1.29 is 9.90 Å². The van der Waals surface area contributed by atoms with Crippen LogP contribution in [0.5, 0.6) is 0 Å². The molecule has 0 spiro atoms. The van der Waals surface area contributed by atoms with E-state index in [4.69, 9.17) is 10.8 Å². The van der Waals surface area contributed by atoms with Crippen LogP contribution in [0, 0.1) is 5.92 Å². The molecule has 60 valence electrons. The van der Waals surface area contributed by atoms with Gasteiger partial charge in [0.15, 0.2) is 0 Å². The second-order valence-electron chi connectivity index (χ2n) is 2.47. The molecule has 0 bridgehead atoms. The molecule has 0 aliphatic rings. The third-order valence-corrected chi connectivity index (χ3v) is 1.27. The van der Waals surface area contributed by atoms with Gasteiger partial charge in [-0.05, 0) is 5.92 Å². The Morgan fingerprint density at radius 1 is 1.70 bits per heavy atom. The summed E-state index contributed by atoms with van der Waals surface area (Å²) in [5.74, 6) is -0.205. The molecule has 4 nitrogen and oxygen atoms in total. The molecule has 0 aromatic heterocycles. The molecule has 1 amide bonds. The summed E-state index contributed by atoms with van der Waals surface area (Å²) in [6.07, 6.45) is 0. The van der Waals surface area contributed by atoms with Gasteiger partial charge >= 0.3 is 0 Å². The summed E-state index contributed by atoms with van der Waals surface area (Å²) in [6, 6.07) is -0.521. The predicted octanol–water partition coefficient (Wildman–Crippen LogP) is -0.964. The molecule has 10 heavy (non-hydrogen) atoms. The summed E-state index contributed by atoms with van der Waals surface area (Å²) in [7, 11) is 0. The fraction of sp³-hybridized carbons (Fsp3) is 0.833. The monoisotopic (exact) mass is 146 g/mol. The standard InChI is InChI=1S/C6H14N2O2/c1-4(2)5(7)6(10)8-3-9/h4-5,9H,3,7H2,1-2H3,(H,8,10). The third-order valence-electron chi connectivity index (χ3n) is 1.27. The predicted molar refractivity (Wildman–Crippen MR) is 38.0 cm³/mol. The van der Waals surface area contributed by atoms with Crippen molar-refractivity contribution in [2.45, 2.75) is 19.9 Å². The van der Waals surface area contributed by atoms with Crippen molar-refractivity contribution in [1.82, 2.24) is 5.32 Å². The van der Waals surface area contributed by atoms with Crippen LogP contribution < -0.4 is 11.1 Å². The highest BCUT2D eigenvalue weighted by Gasteiger charge is 2.15. The minimum absolute atomic E-state index is 0.103. The molecule has 0 aliphatic heterocycles. The van der Waals surface area contributed by atoms with Crippen molar-refractivity contribution in [3.05, 3.63) is 0 Å². The highest BCUT2D eigenvalue weighted by atomic mass is 16.3. The number of amides is 1. The van der Waals surface area contributed by atoms with E-state index in [1.807, 2.05) is 13.8 Å². The number of nitrogens with two attached hydrogens (primary N) is 1. The van der Waals surface area contributed by atoms with Gasteiger partial charge < -0.3 is 16.2 Å². The zero-order valence-electron chi connectivity index (χ0n) is 6.29. The number of carbonyl (C=O) groups excluding carboxylic acids is 1. The lowest BCUT2D eigenvalue weighted by molar-refractivity contribution is -0.124. The fourth-order valence-electron chi connectivity index (χ4n) is 0.499. The van der Waals surface area contributed by atoms with Crippen LogP contribution in [-0.4, -0.2) is 23.8 Å². The van der Waals surface area contributed by atoms with E-state index in [1.165, 1.54) is 0 Å². The maximum atomic E-state index is 10.8. The van der Waals surface area contributed by atoms with Crippen molar-refractivity contribution in [1.29, 1.82) is 0 Å². The SMILES string of the molecule is CC(C)C(N)C(=O)NCO. The van der Waals surface area contributed by atoms with E-state index in [9.17, 15) is 4.79 Å². The first-order valence-electron chi connectivity index (χ1n) is 3.23. The molecule has 0 saturated carbocycles. The van der Waals surface area contributed by atoms with E-state index in [0.29, 0.717) is 0 Å². The smallest absolute Gasteiger partial charge is 0.238 e. The number of aliphatic hydroxyl groups excluding tert-OH is 1. The van der Waals surface area contributed by atoms with Crippen LogP contribution in [0.15, 0.2) is 0 Å². The first kappa shape index (κ1) is 9.39. The largest absolute Gasteiger partial charge is 0.376 e. The molecule has 0 rings (SSSR count). The molecule has 1 unspecified atom stereocenters. The van der Waals surface area contributed by atoms with Crippen molar-refractivity contribution in [3.63, 3.8) is 0 Å². The summed E-state index contributed by atoms with van der Waals surface area (Å²) >= 11 is 0. The first-order valence-corrected chi connectivity index (χ1v) is 3.23. The summed E-state index contributed by atoms with van der Waals surface area (Å²) in [4.78, 5) is 10.8.